The fourth-order valence-corrected chi connectivity index (χ4v) is 2.08. The van der Waals surface area contributed by atoms with Crippen LogP contribution in [-0.2, 0) is 0 Å². The number of aromatic amines is 3. The third kappa shape index (κ3) is 1.96. The van der Waals surface area contributed by atoms with Gasteiger partial charge in [0, 0.05) is 10.6 Å². The first kappa shape index (κ1) is 11.7. The molecule has 0 atom stereocenters. The predicted molar refractivity (Wildman–Crippen MR) is 72.5 cm³/mol. The van der Waals surface area contributed by atoms with Crippen molar-refractivity contribution >= 4 is 22.8 Å². The Morgan fingerprint density at radius 1 is 1.16 bits per heavy atom. The number of hydrogen-bond donors (Lipinski definition) is 3. The number of hydrogen-bond acceptors (Lipinski definition) is 3. The summed E-state index contributed by atoms with van der Waals surface area (Å²) in [6, 6.07) is 5.39. The van der Waals surface area contributed by atoms with E-state index in [9.17, 15) is 9.59 Å². The van der Waals surface area contributed by atoms with Gasteiger partial charge in [-0.3, -0.25) is 14.8 Å². The number of H-pyrrole nitrogens is 3. The molecule has 19 heavy (non-hydrogen) atoms. The molecule has 0 fully saturated rings. The van der Waals surface area contributed by atoms with Gasteiger partial charge < -0.3 is 4.98 Å². The van der Waals surface area contributed by atoms with Gasteiger partial charge in [-0.15, -0.1) is 0 Å². The van der Waals surface area contributed by atoms with Gasteiger partial charge in [0.2, 0.25) is 0 Å². The fraction of sp³-hybridized carbons (Fsp3) is 0.0833. The van der Waals surface area contributed by atoms with Crippen molar-refractivity contribution in [1.29, 1.82) is 0 Å². The average molecular weight is 277 g/mol. The molecule has 0 aliphatic carbocycles. The molecule has 0 aliphatic rings. The van der Waals surface area contributed by atoms with Crippen LogP contribution in [0.2, 0.25) is 5.02 Å². The number of nitrogens with one attached hydrogen (secondary N) is 3. The van der Waals surface area contributed by atoms with E-state index in [-0.39, 0.29) is 11.2 Å². The lowest BCUT2D eigenvalue weighted by atomic mass is 10.1. The molecule has 0 bridgehead atoms. The second-order valence-corrected chi connectivity index (χ2v) is 4.61. The van der Waals surface area contributed by atoms with Crippen molar-refractivity contribution in [1.82, 2.24) is 19.9 Å². The Balaban J connectivity index is 2.32. The molecule has 1 aromatic carbocycles. The van der Waals surface area contributed by atoms with Gasteiger partial charge in [-0.1, -0.05) is 17.7 Å². The highest BCUT2D eigenvalue weighted by molar-refractivity contribution is 6.30. The van der Waals surface area contributed by atoms with E-state index in [0.29, 0.717) is 10.8 Å². The second-order valence-electron chi connectivity index (χ2n) is 4.18. The standard InChI is InChI=1S/C12H9ClN4O2/c1-5-2-3-6(13)4-7(5)9-14-8-10(15-9)16-12(19)17-11(8)18/h2-4H,1H3,(H3,14,15,16,17,18,19). The van der Waals surface area contributed by atoms with Crippen molar-refractivity contribution in [3.63, 3.8) is 0 Å². The van der Waals surface area contributed by atoms with Crippen LogP contribution in [-0.4, -0.2) is 19.9 Å². The second kappa shape index (κ2) is 4.10. The van der Waals surface area contributed by atoms with Crippen LogP contribution in [0.15, 0.2) is 27.8 Å². The first-order chi connectivity index (χ1) is 9.04. The van der Waals surface area contributed by atoms with Crippen molar-refractivity contribution in [3.8, 4) is 11.4 Å². The summed E-state index contributed by atoms with van der Waals surface area (Å²) in [7, 11) is 0. The monoisotopic (exact) mass is 276 g/mol. The molecule has 96 valence electrons. The number of aromatic nitrogens is 4. The molecule has 0 unspecified atom stereocenters. The molecular weight excluding hydrogens is 268 g/mol. The van der Waals surface area contributed by atoms with Gasteiger partial charge in [0.25, 0.3) is 5.56 Å². The molecule has 3 aromatic rings. The molecule has 0 saturated heterocycles. The number of rotatable bonds is 1. The predicted octanol–water partition coefficient (Wildman–Crippen LogP) is 1.57. The molecule has 3 rings (SSSR count). The van der Waals surface area contributed by atoms with Crippen LogP contribution in [0.1, 0.15) is 5.56 Å². The summed E-state index contributed by atoms with van der Waals surface area (Å²) < 4.78 is 0. The first-order valence-electron chi connectivity index (χ1n) is 5.53. The van der Waals surface area contributed by atoms with Gasteiger partial charge >= 0.3 is 5.69 Å². The number of benzene rings is 1. The molecule has 0 saturated carbocycles. The Hall–Kier alpha value is -2.34. The van der Waals surface area contributed by atoms with Crippen LogP contribution in [0.3, 0.4) is 0 Å². The Morgan fingerprint density at radius 3 is 2.74 bits per heavy atom. The van der Waals surface area contributed by atoms with Crippen LogP contribution in [0.4, 0.5) is 0 Å². The van der Waals surface area contributed by atoms with Gasteiger partial charge in [0.15, 0.2) is 5.65 Å². The Labute approximate surface area is 111 Å². The lowest BCUT2D eigenvalue weighted by Crippen LogP contribution is -2.21. The molecule has 2 aromatic heterocycles. The van der Waals surface area contributed by atoms with Gasteiger partial charge in [0.1, 0.15) is 11.3 Å². The largest absolute Gasteiger partial charge is 0.332 e. The number of nitrogens with zero attached hydrogens (tertiary/aromatic N) is 1. The number of halogens is 1. The van der Waals surface area contributed by atoms with Crippen LogP contribution in [0.5, 0.6) is 0 Å². The molecule has 0 amide bonds. The highest BCUT2D eigenvalue weighted by Crippen LogP contribution is 2.24. The zero-order valence-corrected chi connectivity index (χ0v) is 10.6. The lowest BCUT2D eigenvalue weighted by molar-refractivity contribution is 1.07. The van der Waals surface area contributed by atoms with Gasteiger partial charge in [-0.05, 0) is 24.6 Å². The van der Waals surface area contributed by atoms with E-state index >= 15 is 0 Å². The third-order valence-electron chi connectivity index (χ3n) is 2.84. The van der Waals surface area contributed by atoms with E-state index < -0.39 is 11.2 Å². The van der Waals surface area contributed by atoms with Crippen molar-refractivity contribution in [3.05, 3.63) is 49.6 Å². The third-order valence-corrected chi connectivity index (χ3v) is 3.08. The van der Waals surface area contributed by atoms with E-state index in [1.807, 2.05) is 13.0 Å². The van der Waals surface area contributed by atoms with Crippen LogP contribution in [0.25, 0.3) is 22.6 Å². The molecule has 0 spiro atoms. The van der Waals surface area contributed by atoms with Gasteiger partial charge in [0.05, 0.1) is 0 Å². The van der Waals surface area contributed by atoms with Crippen LogP contribution >= 0.6 is 11.6 Å². The average Bonchev–Trinajstić information content (AvgIpc) is 2.76. The number of imidazole rings is 1. The Kier molecular flexibility index (Phi) is 2.53. The number of aryl methyl sites for hydroxylation is 1. The maximum Gasteiger partial charge on any atom is 0.327 e. The highest BCUT2D eigenvalue weighted by atomic mass is 35.5. The smallest absolute Gasteiger partial charge is 0.327 e. The van der Waals surface area contributed by atoms with Crippen molar-refractivity contribution in [2.45, 2.75) is 6.92 Å². The van der Waals surface area contributed by atoms with E-state index in [1.165, 1.54) is 0 Å². The maximum atomic E-state index is 11.6. The molecule has 7 heteroatoms. The highest BCUT2D eigenvalue weighted by Gasteiger charge is 2.11. The van der Waals surface area contributed by atoms with Crippen molar-refractivity contribution in [2.24, 2.45) is 0 Å². The summed E-state index contributed by atoms with van der Waals surface area (Å²) in [4.78, 5) is 34.5. The molecule has 6 nitrogen and oxygen atoms in total. The van der Waals surface area contributed by atoms with E-state index in [0.717, 1.165) is 11.1 Å². The minimum Gasteiger partial charge on any atom is -0.332 e. The van der Waals surface area contributed by atoms with Gasteiger partial charge in [-0.2, -0.15) is 0 Å². The van der Waals surface area contributed by atoms with Crippen molar-refractivity contribution in [2.75, 3.05) is 0 Å². The zero-order valence-electron chi connectivity index (χ0n) is 9.87. The summed E-state index contributed by atoms with van der Waals surface area (Å²) in [5.74, 6) is 0.488. The van der Waals surface area contributed by atoms with Crippen LogP contribution in [0, 0.1) is 6.92 Å². The van der Waals surface area contributed by atoms with E-state index in [1.54, 1.807) is 12.1 Å². The molecule has 3 N–H and O–H groups in total. The lowest BCUT2D eigenvalue weighted by Gasteiger charge is -2.02. The molecule has 2 heterocycles. The number of fused-ring (bicyclic) bond motifs is 1. The van der Waals surface area contributed by atoms with Crippen molar-refractivity contribution < 1.29 is 0 Å². The minimum atomic E-state index is -0.585. The van der Waals surface area contributed by atoms with E-state index in [4.69, 9.17) is 11.6 Å². The Bertz CT molecular complexity index is 891. The fourth-order valence-electron chi connectivity index (χ4n) is 1.91. The SMILES string of the molecule is Cc1ccc(Cl)cc1-c1nc2[nH]c(=O)[nH]c(=O)c2[nH]1. The Morgan fingerprint density at radius 2 is 1.95 bits per heavy atom. The molecule has 0 aliphatic heterocycles. The summed E-state index contributed by atoms with van der Waals surface area (Å²) in [6.07, 6.45) is 0. The summed E-state index contributed by atoms with van der Waals surface area (Å²) in [5, 5.41) is 0.573. The molecule has 0 radical (unpaired) electrons. The quantitative estimate of drug-likeness (QED) is 0.629. The maximum absolute atomic E-state index is 11.6. The minimum absolute atomic E-state index is 0.225. The first-order valence-corrected chi connectivity index (χ1v) is 5.91. The van der Waals surface area contributed by atoms with Crippen LogP contribution < -0.4 is 11.2 Å². The topological polar surface area (TPSA) is 94.4 Å². The molecular formula is C12H9ClN4O2. The summed E-state index contributed by atoms with van der Waals surface area (Å²) in [6.45, 7) is 1.91. The van der Waals surface area contributed by atoms with E-state index in [2.05, 4.69) is 19.9 Å². The normalized spacial score (nSPS) is 11.1. The summed E-state index contributed by atoms with van der Waals surface area (Å²) in [5.41, 5.74) is 1.11. The summed E-state index contributed by atoms with van der Waals surface area (Å²) >= 11 is 5.95. The zero-order chi connectivity index (χ0) is 13.6. The van der Waals surface area contributed by atoms with Gasteiger partial charge in [-0.25, -0.2) is 9.78 Å².